The topological polar surface area (TPSA) is 67.0 Å². The second-order valence-corrected chi connectivity index (χ2v) is 6.14. The number of fused-ring (bicyclic) bond motifs is 1. The van der Waals surface area contributed by atoms with E-state index in [9.17, 15) is 4.79 Å². The van der Waals surface area contributed by atoms with Gasteiger partial charge in [-0.25, -0.2) is 0 Å². The van der Waals surface area contributed by atoms with Crippen molar-refractivity contribution >= 4 is 5.91 Å². The number of hydrogen-bond donors (Lipinski definition) is 2. The molecule has 1 aromatic heterocycles. The average molecular weight is 333 g/mol. The Morgan fingerprint density at radius 3 is 2.76 bits per heavy atom. The van der Waals surface area contributed by atoms with Crippen LogP contribution >= 0.6 is 0 Å². The van der Waals surface area contributed by atoms with E-state index >= 15 is 0 Å². The molecule has 0 bridgehead atoms. The summed E-state index contributed by atoms with van der Waals surface area (Å²) in [6.07, 6.45) is 3.53. The zero-order valence-electron chi connectivity index (χ0n) is 14.0. The first-order chi connectivity index (χ1) is 12.3. The standard InChI is InChI=1S/C20H19N3O2/c1-25-19-4-2-3-15-16(19)9-10-18(15)22-20(24)14-7-5-13(6-8-14)17-11-12-21-23-17/h2-8,11-12,18H,9-10H2,1H3,(H,21,23)(H,22,24). The number of hydrogen-bond acceptors (Lipinski definition) is 3. The van der Waals surface area contributed by atoms with Crippen LogP contribution in [0.3, 0.4) is 0 Å². The van der Waals surface area contributed by atoms with E-state index in [1.54, 1.807) is 13.3 Å². The molecule has 0 spiro atoms. The number of amides is 1. The first kappa shape index (κ1) is 15.4. The lowest BCUT2D eigenvalue weighted by Crippen LogP contribution is -2.27. The lowest BCUT2D eigenvalue weighted by Gasteiger charge is -2.15. The fourth-order valence-corrected chi connectivity index (χ4v) is 3.42. The van der Waals surface area contributed by atoms with E-state index in [4.69, 9.17) is 4.74 Å². The van der Waals surface area contributed by atoms with E-state index in [-0.39, 0.29) is 11.9 Å². The molecule has 0 saturated carbocycles. The van der Waals surface area contributed by atoms with Crippen LogP contribution in [0.25, 0.3) is 11.3 Å². The number of methoxy groups -OCH3 is 1. The zero-order valence-corrected chi connectivity index (χ0v) is 14.0. The van der Waals surface area contributed by atoms with Crippen LogP contribution in [-0.2, 0) is 6.42 Å². The maximum absolute atomic E-state index is 12.6. The molecule has 1 unspecified atom stereocenters. The Morgan fingerprint density at radius 1 is 1.20 bits per heavy atom. The number of H-pyrrole nitrogens is 1. The molecule has 2 N–H and O–H groups in total. The molecule has 4 rings (SSSR count). The van der Waals surface area contributed by atoms with E-state index in [1.807, 2.05) is 42.5 Å². The van der Waals surface area contributed by atoms with Gasteiger partial charge in [-0.1, -0.05) is 24.3 Å². The van der Waals surface area contributed by atoms with Crippen molar-refractivity contribution in [2.75, 3.05) is 7.11 Å². The highest BCUT2D eigenvalue weighted by molar-refractivity contribution is 5.95. The molecule has 126 valence electrons. The van der Waals surface area contributed by atoms with Crippen LogP contribution in [0.1, 0.15) is 33.9 Å². The van der Waals surface area contributed by atoms with Crippen LogP contribution in [-0.4, -0.2) is 23.2 Å². The summed E-state index contributed by atoms with van der Waals surface area (Å²) >= 11 is 0. The van der Waals surface area contributed by atoms with Crippen molar-refractivity contribution < 1.29 is 9.53 Å². The quantitative estimate of drug-likeness (QED) is 0.768. The molecule has 0 radical (unpaired) electrons. The van der Waals surface area contributed by atoms with Crippen LogP contribution in [0.2, 0.25) is 0 Å². The number of aromatic amines is 1. The molecule has 1 heterocycles. The van der Waals surface area contributed by atoms with Gasteiger partial charge in [0, 0.05) is 11.8 Å². The molecule has 2 aromatic carbocycles. The van der Waals surface area contributed by atoms with Crippen LogP contribution in [0, 0.1) is 0 Å². The summed E-state index contributed by atoms with van der Waals surface area (Å²) in [5.74, 6) is 0.843. The number of carbonyl (C=O) groups is 1. The van der Waals surface area contributed by atoms with Crippen molar-refractivity contribution in [1.82, 2.24) is 15.5 Å². The molecule has 5 nitrogen and oxygen atoms in total. The van der Waals surface area contributed by atoms with Crippen molar-refractivity contribution in [2.45, 2.75) is 18.9 Å². The molecule has 1 aliphatic carbocycles. The SMILES string of the molecule is COc1cccc2c1CCC2NC(=O)c1ccc(-c2ccn[nH]2)cc1. The average Bonchev–Trinajstić information content (AvgIpc) is 3.32. The van der Waals surface area contributed by atoms with Crippen molar-refractivity contribution in [1.29, 1.82) is 0 Å². The predicted octanol–water partition coefficient (Wildman–Crippen LogP) is 3.50. The highest BCUT2D eigenvalue weighted by Crippen LogP contribution is 2.36. The largest absolute Gasteiger partial charge is 0.496 e. The molecule has 1 aliphatic rings. The summed E-state index contributed by atoms with van der Waals surface area (Å²) in [7, 11) is 1.68. The number of aromatic nitrogens is 2. The van der Waals surface area contributed by atoms with Gasteiger partial charge < -0.3 is 10.1 Å². The fraction of sp³-hybridized carbons (Fsp3) is 0.200. The molecule has 1 amide bonds. The van der Waals surface area contributed by atoms with Gasteiger partial charge in [0.05, 0.1) is 18.8 Å². The van der Waals surface area contributed by atoms with Crippen LogP contribution in [0.5, 0.6) is 5.75 Å². The number of carbonyl (C=O) groups excluding carboxylic acids is 1. The summed E-state index contributed by atoms with van der Waals surface area (Å²) in [6.45, 7) is 0. The van der Waals surface area contributed by atoms with Gasteiger partial charge in [-0.3, -0.25) is 9.89 Å². The Hall–Kier alpha value is -3.08. The number of nitrogens with zero attached hydrogens (tertiary/aromatic N) is 1. The highest BCUT2D eigenvalue weighted by Gasteiger charge is 2.26. The van der Waals surface area contributed by atoms with Gasteiger partial charge in [0.2, 0.25) is 0 Å². The van der Waals surface area contributed by atoms with Gasteiger partial charge in [0.25, 0.3) is 5.91 Å². The van der Waals surface area contributed by atoms with E-state index in [1.165, 1.54) is 5.56 Å². The lowest BCUT2D eigenvalue weighted by molar-refractivity contribution is 0.0936. The van der Waals surface area contributed by atoms with E-state index in [0.29, 0.717) is 5.56 Å². The minimum Gasteiger partial charge on any atom is -0.496 e. The minimum atomic E-state index is -0.0585. The maximum atomic E-state index is 12.6. The van der Waals surface area contributed by atoms with Gasteiger partial charge in [-0.2, -0.15) is 5.10 Å². The van der Waals surface area contributed by atoms with Gasteiger partial charge in [0.1, 0.15) is 5.75 Å². The molecule has 0 fully saturated rings. The van der Waals surface area contributed by atoms with Crippen molar-refractivity contribution in [2.24, 2.45) is 0 Å². The molecule has 0 saturated heterocycles. The van der Waals surface area contributed by atoms with Crippen molar-refractivity contribution in [3.63, 3.8) is 0 Å². The van der Waals surface area contributed by atoms with Gasteiger partial charge in [0.15, 0.2) is 0 Å². The normalized spacial score (nSPS) is 15.6. The second-order valence-electron chi connectivity index (χ2n) is 6.14. The van der Waals surface area contributed by atoms with Gasteiger partial charge >= 0.3 is 0 Å². The Bertz CT molecular complexity index is 886. The van der Waals surface area contributed by atoms with E-state index in [2.05, 4.69) is 21.6 Å². The minimum absolute atomic E-state index is 0.0323. The van der Waals surface area contributed by atoms with Crippen LogP contribution < -0.4 is 10.1 Å². The Kier molecular flexibility index (Phi) is 3.98. The van der Waals surface area contributed by atoms with E-state index < -0.39 is 0 Å². The first-order valence-electron chi connectivity index (χ1n) is 8.32. The Labute approximate surface area is 146 Å². The third-order valence-electron chi connectivity index (χ3n) is 4.71. The maximum Gasteiger partial charge on any atom is 0.251 e. The summed E-state index contributed by atoms with van der Waals surface area (Å²) in [5.41, 5.74) is 4.94. The molecular weight excluding hydrogens is 314 g/mol. The highest BCUT2D eigenvalue weighted by atomic mass is 16.5. The summed E-state index contributed by atoms with van der Waals surface area (Å²) in [5, 5.41) is 10.0. The summed E-state index contributed by atoms with van der Waals surface area (Å²) < 4.78 is 5.42. The molecule has 5 heteroatoms. The zero-order chi connectivity index (χ0) is 17.2. The molecule has 25 heavy (non-hydrogen) atoms. The fourth-order valence-electron chi connectivity index (χ4n) is 3.42. The molecular formula is C20H19N3O2. The number of rotatable bonds is 4. The number of nitrogens with one attached hydrogen (secondary N) is 2. The summed E-state index contributed by atoms with van der Waals surface area (Å²) in [6, 6.07) is 15.5. The third kappa shape index (κ3) is 2.89. The smallest absolute Gasteiger partial charge is 0.251 e. The van der Waals surface area contributed by atoms with Crippen LogP contribution in [0.4, 0.5) is 0 Å². The summed E-state index contributed by atoms with van der Waals surface area (Å²) in [4.78, 5) is 12.6. The lowest BCUT2D eigenvalue weighted by atomic mass is 10.1. The second kappa shape index (κ2) is 6.43. The van der Waals surface area contributed by atoms with Gasteiger partial charge in [-0.15, -0.1) is 0 Å². The van der Waals surface area contributed by atoms with Crippen molar-refractivity contribution in [3.05, 3.63) is 71.4 Å². The third-order valence-corrected chi connectivity index (χ3v) is 4.71. The van der Waals surface area contributed by atoms with Gasteiger partial charge in [-0.05, 0) is 53.8 Å². The molecule has 1 atom stereocenters. The monoisotopic (exact) mass is 333 g/mol. The van der Waals surface area contributed by atoms with Crippen LogP contribution in [0.15, 0.2) is 54.7 Å². The first-order valence-corrected chi connectivity index (χ1v) is 8.32. The Balaban J connectivity index is 1.50. The Morgan fingerprint density at radius 2 is 2.04 bits per heavy atom. The van der Waals surface area contributed by atoms with E-state index in [0.717, 1.165) is 35.4 Å². The molecule has 3 aromatic rings. The molecule has 0 aliphatic heterocycles. The predicted molar refractivity (Wildman–Crippen MR) is 95.5 cm³/mol. The number of ether oxygens (including phenoxy) is 1. The van der Waals surface area contributed by atoms with Crippen molar-refractivity contribution in [3.8, 4) is 17.0 Å². The number of benzene rings is 2.